The molecule has 2 aliphatic rings. The average molecular weight is 406 g/mol. The van der Waals surface area contributed by atoms with Gasteiger partial charge in [-0.2, -0.15) is 0 Å². The van der Waals surface area contributed by atoms with Gasteiger partial charge in [0.25, 0.3) is 0 Å². The minimum absolute atomic E-state index is 0.0451. The molecule has 5 heteroatoms. The summed E-state index contributed by atoms with van der Waals surface area (Å²) in [5.74, 6) is 0.143. The summed E-state index contributed by atoms with van der Waals surface area (Å²) in [5.41, 5.74) is 4.69. The lowest BCUT2D eigenvalue weighted by atomic mass is 9.74. The SMILES string of the molecule is CC(=O)Nc1cccc(CCN2CCC3(CC2)c2ccccc2CCN3C(C)=O)c1. The van der Waals surface area contributed by atoms with E-state index < -0.39 is 0 Å². The van der Waals surface area contributed by atoms with Crippen LogP contribution in [0.25, 0.3) is 0 Å². The van der Waals surface area contributed by atoms with Gasteiger partial charge in [0.05, 0.1) is 5.54 Å². The topological polar surface area (TPSA) is 52.7 Å². The van der Waals surface area contributed by atoms with Crippen molar-refractivity contribution in [1.82, 2.24) is 9.80 Å². The molecule has 0 saturated carbocycles. The lowest BCUT2D eigenvalue weighted by Gasteiger charge is -2.52. The Balaban J connectivity index is 1.43. The molecule has 2 amide bonds. The predicted molar refractivity (Wildman–Crippen MR) is 119 cm³/mol. The number of carbonyl (C=O) groups excluding carboxylic acids is 2. The van der Waals surface area contributed by atoms with Crippen LogP contribution < -0.4 is 5.32 Å². The van der Waals surface area contributed by atoms with Crippen molar-refractivity contribution in [2.45, 2.75) is 45.1 Å². The zero-order valence-electron chi connectivity index (χ0n) is 18.0. The smallest absolute Gasteiger partial charge is 0.221 e. The maximum Gasteiger partial charge on any atom is 0.221 e. The molecule has 1 fully saturated rings. The third-order valence-electron chi connectivity index (χ3n) is 6.67. The molecule has 0 atom stereocenters. The van der Waals surface area contributed by atoms with Crippen molar-refractivity contribution in [1.29, 1.82) is 0 Å². The Hall–Kier alpha value is -2.66. The number of nitrogens with zero attached hydrogens (tertiary/aromatic N) is 2. The van der Waals surface area contributed by atoms with Gasteiger partial charge in [-0.1, -0.05) is 36.4 Å². The number of rotatable bonds is 4. The fourth-order valence-corrected chi connectivity index (χ4v) is 5.22. The Morgan fingerprint density at radius 3 is 2.50 bits per heavy atom. The van der Waals surface area contributed by atoms with Gasteiger partial charge in [-0.3, -0.25) is 9.59 Å². The Morgan fingerprint density at radius 2 is 1.77 bits per heavy atom. The van der Waals surface area contributed by atoms with Crippen molar-refractivity contribution in [2.75, 3.05) is 31.5 Å². The lowest BCUT2D eigenvalue weighted by molar-refractivity contribution is -0.139. The summed E-state index contributed by atoms with van der Waals surface area (Å²) in [6, 6.07) is 16.8. The Kier molecular flexibility index (Phi) is 5.91. The number of carbonyl (C=O) groups is 2. The number of likely N-dealkylation sites (tertiary alicyclic amines) is 1. The second kappa shape index (κ2) is 8.60. The van der Waals surface area contributed by atoms with Gasteiger partial charge >= 0.3 is 0 Å². The third-order valence-corrected chi connectivity index (χ3v) is 6.67. The van der Waals surface area contributed by atoms with Gasteiger partial charge in [0.2, 0.25) is 11.8 Å². The van der Waals surface area contributed by atoms with Gasteiger partial charge in [0.1, 0.15) is 0 Å². The van der Waals surface area contributed by atoms with E-state index in [1.165, 1.54) is 23.6 Å². The molecule has 1 spiro atoms. The molecular formula is C25H31N3O2. The van der Waals surface area contributed by atoms with Gasteiger partial charge < -0.3 is 15.1 Å². The minimum Gasteiger partial charge on any atom is -0.333 e. The van der Waals surface area contributed by atoms with Crippen LogP contribution in [0.2, 0.25) is 0 Å². The third kappa shape index (κ3) is 4.12. The van der Waals surface area contributed by atoms with Crippen LogP contribution in [0, 0.1) is 0 Å². The standard InChI is InChI=1S/C25H31N3O2/c1-19(29)26-23-8-5-6-21(18-23)10-14-27-16-12-25(13-17-27)24-9-4-3-7-22(24)11-15-28(25)20(2)30/h3-9,18H,10-17H2,1-2H3,(H,26,29). The minimum atomic E-state index is -0.150. The number of piperidine rings is 1. The Labute approximate surface area is 179 Å². The summed E-state index contributed by atoms with van der Waals surface area (Å²) in [6.45, 7) is 7.03. The van der Waals surface area contributed by atoms with Gasteiger partial charge in [0.15, 0.2) is 0 Å². The summed E-state index contributed by atoms with van der Waals surface area (Å²) in [6.07, 6.45) is 3.87. The number of nitrogens with one attached hydrogen (secondary N) is 1. The zero-order valence-corrected chi connectivity index (χ0v) is 18.0. The summed E-state index contributed by atoms with van der Waals surface area (Å²) in [4.78, 5) is 28.4. The molecule has 0 radical (unpaired) electrons. The van der Waals surface area contributed by atoms with E-state index in [1.807, 2.05) is 12.1 Å². The molecule has 1 N–H and O–H groups in total. The van der Waals surface area contributed by atoms with Crippen LogP contribution in [0.15, 0.2) is 48.5 Å². The van der Waals surface area contributed by atoms with Crippen LogP contribution in [0.1, 0.15) is 43.4 Å². The van der Waals surface area contributed by atoms with Crippen molar-refractivity contribution < 1.29 is 9.59 Å². The van der Waals surface area contributed by atoms with Crippen LogP contribution in [0.4, 0.5) is 5.69 Å². The number of benzene rings is 2. The highest BCUT2D eigenvalue weighted by Crippen LogP contribution is 2.43. The van der Waals surface area contributed by atoms with E-state index in [4.69, 9.17) is 0 Å². The van der Waals surface area contributed by atoms with Crippen molar-refractivity contribution >= 4 is 17.5 Å². The normalized spacial score (nSPS) is 18.1. The fourth-order valence-electron chi connectivity index (χ4n) is 5.22. The van der Waals surface area contributed by atoms with E-state index in [-0.39, 0.29) is 17.4 Å². The number of anilines is 1. The summed E-state index contributed by atoms with van der Waals surface area (Å²) in [7, 11) is 0. The molecule has 158 valence electrons. The molecular weight excluding hydrogens is 374 g/mol. The molecule has 5 nitrogen and oxygen atoms in total. The first-order chi connectivity index (χ1) is 14.5. The molecule has 30 heavy (non-hydrogen) atoms. The average Bonchev–Trinajstić information content (AvgIpc) is 2.73. The molecule has 1 saturated heterocycles. The van der Waals surface area contributed by atoms with Crippen molar-refractivity contribution in [2.24, 2.45) is 0 Å². The second-order valence-corrected chi connectivity index (χ2v) is 8.58. The first-order valence-electron chi connectivity index (χ1n) is 10.9. The first kappa shape index (κ1) is 20.6. The van der Waals surface area contributed by atoms with E-state index in [2.05, 4.69) is 51.5 Å². The summed E-state index contributed by atoms with van der Waals surface area (Å²) >= 11 is 0. The van der Waals surface area contributed by atoms with Crippen LogP contribution in [-0.4, -0.2) is 47.8 Å². The van der Waals surface area contributed by atoms with Crippen LogP contribution in [-0.2, 0) is 28.0 Å². The first-order valence-corrected chi connectivity index (χ1v) is 10.9. The Morgan fingerprint density at radius 1 is 1.00 bits per heavy atom. The highest BCUT2D eigenvalue weighted by Gasteiger charge is 2.45. The molecule has 2 aromatic carbocycles. The molecule has 0 unspecified atom stereocenters. The fraction of sp³-hybridized carbons (Fsp3) is 0.440. The van der Waals surface area contributed by atoms with Gasteiger partial charge in [0, 0.05) is 45.7 Å². The van der Waals surface area contributed by atoms with Crippen molar-refractivity contribution in [3.63, 3.8) is 0 Å². The van der Waals surface area contributed by atoms with Gasteiger partial charge in [-0.15, -0.1) is 0 Å². The van der Waals surface area contributed by atoms with Gasteiger partial charge in [-0.05, 0) is 54.5 Å². The molecule has 4 rings (SSSR count). The maximum absolute atomic E-state index is 12.5. The van der Waals surface area contributed by atoms with Crippen molar-refractivity contribution in [3.8, 4) is 0 Å². The van der Waals surface area contributed by atoms with Crippen LogP contribution in [0.5, 0.6) is 0 Å². The number of fused-ring (bicyclic) bond motifs is 2. The molecule has 2 aliphatic heterocycles. The van der Waals surface area contributed by atoms with Crippen molar-refractivity contribution in [3.05, 3.63) is 65.2 Å². The number of hydrogen-bond acceptors (Lipinski definition) is 3. The lowest BCUT2D eigenvalue weighted by Crippen LogP contribution is -2.57. The highest BCUT2D eigenvalue weighted by atomic mass is 16.2. The maximum atomic E-state index is 12.5. The van der Waals surface area contributed by atoms with Gasteiger partial charge in [-0.25, -0.2) is 0 Å². The summed E-state index contributed by atoms with van der Waals surface area (Å²) < 4.78 is 0. The molecule has 2 aromatic rings. The van der Waals surface area contributed by atoms with E-state index in [0.29, 0.717) is 0 Å². The predicted octanol–water partition coefficient (Wildman–Crippen LogP) is 3.58. The largest absolute Gasteiger partial charge is 0.333 e. The van der Waals surface area contributed by atoms with Crippen LogP contribution >= 0.6 is 0 Å². The van der Waals surface area contributed by atoms with E-state index in [9.17, 15) is 9.59 Å². The molecule has 2 heterocycles. The van der Waals surface area contributed by atoms with E-state index in [1.54, 1.807) is 6.92 Å². The number of amides is 2. The second-order valence-electron chi connectivity index (χ2n) is 8.58. The molecule has 0 aliphatic carbocycles. The highest BCUT2D eigenvalue weighted by molar-refractivity contribution is 5.88. The van der Waals surface area contributed by atoms with E-state index in [0.717, 1.165) is 57.5 Å². The monoisotopic (exact) mass is 405 g/mol. The molecule has 0 bridgehead atoms. The number of hydrogen-bond donors (Lipinski definition) is 1. The Bertz CT molecular complexity index is 931. The quantitative estimate of drug-likeness (QED) is 0.846. The van der Waals surface area contributed by atoms with E-state index >= 15 is 0 Å². The zero-order chi connectivity index (χ0) is 21.1. The van der Waals surface area contributed by atoms with Crippen LogP contribution in [0.3, 0.4) is 0 Å². The summed E-state index contributed by atoms with van der Waals surface area (Å²) in [5, 5.41) is 2.86. The molecule has 0 aromatic heterocycles.